The van der Waals surface area contributed by atoms with Crippen molar-refractivity contribution in [2.45, 2.75) is 17.6 Å². The number of hydrogen-bond donors (Lipinski definition) is 1. The normalized spacial score (nSPS) is 11.0. The lowest BCUT2D eigenvalue weighted by Crippen LogP contribution is -2.30. The smallest absolute Gasteiger partial charge is 0.363 e. The standard InChI is InChI=1S/C16H18N4O3S/c1-11-4-6-13(7-5-11)24-9-12-8-20(23)15(17-10-19(2)3)14(18-12)16(21)22/h4-8,10H,9H2,1-3H3,(H,21,22). The molecule has 8 heteroatoms. The van der Waals surface area contributed by atoms with Gasteiger partial charge in [-0.25, -0.2) is 14.5 Å². The highest BCUT2D eigenvalue weighted by atomic mass is 32.2. The Labute approximate surface area is 144 Å². The van der Waals surface area contributed by atoms with Crippen molar-refractivity contribution in [1.82, 2.24) is 9.88 Å². The van der Waals surface area contributed by atoms with Crippen molar-refractivity contribution in [1.29, 1.82) is 0 Å². The maximum atomic E-state index is 12.1. The maximum Gasteiger partial charge on any atom is 0.363 e. The van der Waals surface area contributed by atoms with E-state index in [4.69, 9.17) is 0 Å². The summed E-state index contributed by atoms with van der Waals surface area (Å²) in [6.07, 6.45) is 2.62. The van der Waals surface area contributed by atoms with Crippen molar-refractivity contribution < 1.29 is 14.6 Å². The van der Waals surface area contributed by atoms with Crippen LogP contribution < -0.4 is 4.73 Å². The molecular formula is C16H18N4O3S. The summed E-state index contributed by atoms with van der Waals surface area (Å²) in [4.78, 5) is 22.0. The zero-order valence-corrected chi connectivity index (χ0v) is 14.4. The van der Waals surface area contributed by atoms with Crippen molar-refractivity contribution in [3.05, 3.63) is 52.6 Å². The fourth-order valence-electron chi connectivity index (χ4n) is 1.82. The van der Waals surface area contributed by atoms with Gasteiger partial charge in [0.2, 0.25) is 12.0 Å². The summed E-state index contributed by atoms with van der Waals surface area (Å²) < 4.78 is 0.446. The third kappa shape index (κ3) is 4.69. The van der Waals surface area contributed by atoms with Crippen LogP contribution in [0.2, 0.25) is 0 Å². The largest absolute Gasteiger partial charge is 0.710 e. The number of aromatic nitrogens is 2. The molecule has 126 valence electrons. The van der Waals surface area contributed by atoms with Crippen molar-refractivity contribution in [2.75, 3.05) is 14.1 Å². The lowest BCUT2D eigenvalue weighted by Gasteiger charge is -2.09. The molecule has 0 saturated carbocycles. The van der Waals surface area contributed by atoms with E-state index < -0.39 is 5.97 Å². The molecule has 0 atom stereocenters. The summed E-state index contributed by atoms with van der Waals surface area (Å²) >= 11 is 1.48. The van der Waals surface area contributed by atoms with Crippen molar-refractivity contribution in [3.63, 3.8) is 0 Å². The number of carboxylic acid groups (broad SMARTS) is 1. The Morgan fingerprint density at radius 1 is 1.42 bits per heavy atom. The zero-order valence-electron chi connectivity index (χ0n) is 13.6. The van der Waals surface area contributed by atoms with Crippen molar-refractivity contribution in [2.24, 2.45) is 4.99 Å². The Kier molecular flexibility index (Phi) is 5.75. The highest BCUT2D eigenvalue weighted by Gasteiger charge is 2.22. The van der Waals surface area contributed by atoms with Gasteiger partial charge < -0.3 is 15.2 Å². The molecule has 2 rings (SSSR count). The third-order valence-electron chi connectivity index (χ3n) is 2.96. The fourth-order valence-corrected chi connectivity index (χ4v) is 2.60. The summed E-state index contributed by atoms with van der Waals surface area (Å²) in [5.74, 6) is -1.13. The van der Waals surface area contributed by atoms with Gasteiger partial charge in [-0.05, 0) is 24.0 Å². The minimum atomic E-state index is -1.28. The second kappa shape index (κ2) is 7.78. The van der Waals surface area contributed by atoms with Gasteiger partial charge in [0.15, 0.2) is 0 Å². The first-order valence-corrected chi connectivity index (χ1v) is 8.12. The first kappa shape index (κ1) is 17.7. The Morgan fingerprint density at radius 3 is 2.67 bits per heavy atom. The molecule has 0 saturated heterocycles. The van der Waals surface area contributed by atoms with Crippen LogP contribution in [0.1, 0.15) is 21.7 Å². The summed E-state index contributed by atoms with van der Waals surface area (Å²) in [5, 5.41) is 21.4. The van der Waals surface area contributed by atoms with E-state index in [1.807, 2.05) is 31.2 Å². The zero-order chi connectivity index (χ0) is 17.7. The van der Waals surface area contributed by atoms with Crippen LogP contribution in [0.4, 0.5) is 5.82 Å². The second-order valence-electron chi connectivity index (χ2n) is 5.35. The van der Waals surface area contributed by atoms with Gasteiger partial charge in [-0.2, -0.15) is 0 Å². The number of thioether (sulfide) groups is 1. The van der Waals surface area contributed by atoms with E-state index in [0.717, 1.165) is 10.5 Å². The topological polar surface area (TPSA) is 92.7 Å². The van der Waals surface area contributed by atoms with E-state index >= 15 is 0 Å². The number of carbonyl (C=O) groups is 1. The molecule has 0 radical (unpaired) electrons. The van der Waals surface area contributed by atoms with Gasteiger partial charge in [0.25, 0.3) is 0 Å². The number of benzene rings is 1. The molecule has 1 aromatic heterocycles. The number of aryl methyl sites for hydroxylation is 1. The van der Waals surface area contributed by atoms with E-state index in [1.165, 1.54) is 24.3 Å². The van der Waals surface area contributed by atoms with Crippen LogP contribution >= 0.6 is 11.8 Å². The maximum absolute atomic E-state index is 12.1. The highest BCUT2D eigenvalue weighted by Crippen LogP contribution is 2.23. The molecule has 1 heterocycles. The fraction of sp³-hybridized carbons (Fsp3) is 0.250. The molecule has 0 bridgehead atoms. The molecule has 0 aliphatic heterocycles. The number of hydrogen-bond acceptors (Lipinski definition) is 5. The lowest BCUT2D eigenvalue weighted by molar-refractivity contribution is -0.592. The van der Waals surface area contributed by atoms with Gasteiger partial charge in [-0.3, -0.25) is 0 Å². The first-order chi connectivity index (χ1) is 11.4. The Hall–Kier alpha value is -2.61. The van der Waals surface area contributed by atoms with E-state index in [-0.39, 0.29) is 11.5 Å². The van der Waals surface area contributed by atoms with Crippen LogP contribution in [0.15, 0.2) is 40.4 Å². The predicted octanol–water partition coefficient (Wildman–Crippen LogP) is 2.24. The van der Waals surface area contributed by atoms with Gasteiger partial charge in [0.05, 0.1) is 5.69 Å². The minimum absolute atomic E-state index is 0.236. The molecule has 1 N–H and O–H groups in total. The Bertz CT molecular complexity index is 761. The molecule has 0 aliphatic carbocycles. The van der Waals surface area contributed by atoms with Gasteiger partial charge in [0.1, 0.15) is 6.20 Å². The van der Waals surface area contributed by atoms with Crippen LogP contribution in [-0.2, 0) is 5.75 Å². The molecule has 0 spiro atoms. The van der Waals surface area contributed by atoms with Crippen molar-refractivity contribution >= 4 is 29.9 Å². The van der Waals surface area contributed by atoms with Crippen molar-refractivity contribution in [3.8, 4) is 0 Å². The van der Waals surface area contributed by atoms with Gasteiger partial charge in [-0.15, -0.1) is 11.8 Å². The molecule has 1 aromatic carbocycles. The Balaban J connectivity index is 2.25. The first-order valence-electron chi connectivity index (χ1n) is 7.13. The average molecular weight is 346 g/mol. The van der Waals surface area contributed by atoms with Gasteiger partial charge in [-0.1, -0.05) is 17.7 Å². The monoisotopic (exact) mass is 346 g/mol. The van der Waals surface area contributed by atoms with E-state index in [1.54, 1.807) is 19.0 Å². The number of rotatable bonds is 6. The molecule has 0 unspecified atom stereocenters. The quantitative estimate of drug-likeness (QED) is 0.283. The molecule has 0 aliphatic rings. The van der Waals surface area contributed by atoms with Gasteiger partial charge >= 0.3 is 11.8 Å². The summed E-state index contributed by atoms with van der Waals surface area (Å²) in [6, 6.07) is 7.93. The number of aliphatic imine (C=N–C) groups is 1. The number of nitrogens with zero attached hydrogens (tertiary/aromatic N) is 4. The van der Waals surface area contributed by atoms with E-state index in [2.05, 4.69) is 9.98 Å². The van der Waals surface area contributed by atoms with E-state index in [0.29, 0.717) is 16.2 Å². The second-order valence-corrected chi connectivity index (χ2v) is 6.39. The number of carboxylic acids is 1. The van der Waals surface area contributed by atoms with Crippen LogP contribution in [0, 0.1) is 12.1 Å². The molecule has 7 nitrogen and oxygen atoms in total. The third-order valence-corrected chi connectivity index (χ3v) is 4.01. The highest BCUT2D eigenvalue weighted by molar-refractivity contribution is 7.98. The van der Waals surface area contributed by atoms with Gasteiger partial charge in [0, 0.05) is 24.7 Å². The van der Waals surface area contributed by atoms with Crippen LogP contribution in [0.5, 0.6) is 0 Å². The van der Waals surface area contributed by atoms with Crippen LogP contribution in [0.3, 0.4) is 0 Å². The van der Waals surface area contributed by atoms with E-state index in [9.17, 15) is 15.1 Å². The Morgan fingerprint density at radius 2 is 2.08 bits per heavy atom. The average Bonchev–Trinajstić information content (AvgIpc) is 2.52. The molecular weight excluding hydrogens is 328 g/mol. The lowest BCUT2D eigenvalue weighted by atomic mass is 10.2. The molecule has 2 aromatic rings. The molecule has 24 heavy (non-hydrogen) atoms. The minimum Gasteiger partial charge on any atom is -0.710 e. The van der Waals surface area contributed by atoms with Crippen LogP contribution in [0.25, 0.3) is 0 Å². The molecule has 0 fully saturated rings. The number of aromatic carboxylic acids is 1. The van der Waals surface area contributed by atoms with Crippen LogP contribution in [-0.4, -0.2) is 41.4 Å². The summed E-state index contributed by atoms with van der Waals surface area (Å²) in [6.45, 7) is 2.00. The summed E-state index contributed by atoms with van der Waals surface area (Å²) in [5.41, 5.74) is 1.19. The predicted molar refractivity (Wildman–Crippen MR) is 92.7 cm³/mol. The molecule has 0 amide bonds. The summed E-state index contributed by atoms with van der Waals surface area (Å²) in [7, 11) is 3.44. The SMILES string of the molecule is Cc1ccc(SCc2c[n+]([O-])c(N=CN(C)C)c(C(=O)O)n2)cc1.